The molecule has 0 saturated heterocycles. The standard InChI is InChI=1S/C31H62.2C22H46.C3H4/c1-5-8-9-10-11-12-13-14-15-16-17-18-19-20-21-22-23-24-25-28-30(4)29-31(26-6-2)27-7-3;2*1-3-5-7-9-11-13-15-17-19-21-22-20-18-16-14-12-10-8-6-4-2;1-3-2/h31H,4-29H2,1-3H3;2*3-22H2,1-2H3;1H,2H3. The summed E-state index contributed by atoms with van der Waals surface area (Å²) in [4.78, 5) is 0. The average Bonchev–Trinajstić information content (AvgIpc) is 3.43. The molecular formula is C78H158. The van der Waals surface area contributed by atoms with E-state index in [0.717, 1.165) is 5.92 Å². The predicted octanol–water partition coefficient (Wildman–Crippen LogP) is 30.3. The van der Waals surface area contributed by atoms with E-state index in [1.54, 1.807) is 6.92 Å². The van der Waals surface area contributed by atoms with Crippen LogP contribution < -0.4 is 0 Å². The first kappa shape index (κ1) is 83.8. The number of hydrogen-bond acceptors (Lipinski definition) is 0. The Morgan fingerprint density at radius 1 is 0.244 bits per heavy atom. The second-order valence-electron chi connectivity index (χ2n) is 25.5. The molecule has 0 aliphatic rings. The molecular weight excluding hydrogens is 937 g/mol. The molecule has 0 rings (SSSR count). The molecule has 78 heavy (non-hydrogen) atoms. The molecule has 0 aromatic rings. The van der Waals surface area contributed by atoms with Crippen molar-refractivity contribution >= 4 is 0 Å². The zero-order chi connectivity index (χ0) is 57.8. The van der Waals surface area contributed by atoms with Gasteiger partial charge in [-0.25, -0.2) is 0 Å². The average molecular weight is 1100 g/mol. The van der Waals surface area contributed by atoms with Crippen LogP contribution in [-0.4, -0.2) is 0 Å². The summed E-state index contributed by atoms with van der Waals surface area (Å²) < 4.78 is 0. The third-order valence-electron chi connectivity index (χ3n) is 17.0. The third-order valence-corrected chi connectivity index (χ3v) is 17.0. The van der Waals surface area contributed by atoms with Crippen molar-refractivity contribution in [2.45, 2.75) is 473 Å². The van der Waals surface area contributed by atoms with Crippen molar-refractivity contribution in [1.82, 2.24) is 0 Å². The molecule has 0 aliphatic carbocycles. The Labute approximate surface area is 500 Å². The molecule has 0 heteroatoms. The van der Waals surface area contributed by atoms with Crippen molar-refractivity contribution in [3.8, 4) is 12.3 Å². The Morgan fingerprint density at radius 3 is 0.500 bits per heavy atom. The highest BCUT2D eigenvalue weighted by molar-refractivity contribution is 4.95. The van der Waals surface area contributed by atoms with Crippen LogP contribution in [0.3, 0.4) is 0 Å². The summed E-state index contributed by atoms with van der Waals surface area (Å²) in [7, 11) is 0. The van der Waals surface area contributed by atoms with Gasteiger partial charge < -0.3 is 0 Å². The molecule has 0 bridgehead atoms. The first-order valence-electron chi connectivity index (χ1n) is 37.5. The van der Waals surface area contributed by atoms with Crippen molar-refractivity contribution in [2.75, 3.05) is 0 Å². The van der Waals surface area contributed by atoms with Crippen molar-refractivity contribution in [3.05, 3.63) is 12.2 Å². The van der Waals surface area contributed by atoms with Gasteiger partial charge in [0.25, 0.3) is 0 Å². The largest absolute Gasteiger partial charge is 0.120 e. The van der Waals surface area contributed by atoms with Crippen LogP contribution in [0.1, 0.15) is 473 Å². The molecule has 0 heterocycles. The van der Waals surface area contributed by atoms with Gasteiger partial charge in [0.1, 0.15) is 0 Å². The minimum Gasteiger partial charge on any atom is -0.120 e. The van der Waals surface area contributed by atoms with E-state index in [4.69, 9.17) is 0 Å². The molecule has 0 unspecified atom stereocenters. The highest BCUT2D eigenvalue weighted by Crippen LogP contribution is 2.25. The third kappa shape index (κ3) is 89.1. The quantitative estimate of drug-likeness (QED) is 0.0323. The van der Waals surface area contributed by atoms with Crippen molar-refractivity contribution in [1.29, 1.82) is 0 Å². The van der Waals surface area contributed by atoms with Crippen molar-refractivity contribution in [2.24, 2.45) is 5.92 Å². The summed E-state index contributed by atoms with van der Waals surface area (Å²) in [5.41, 5.74) is 1.53. The van der Waals surface area contributed by atoms with Gasteiger partial charge in [0, 0.05) is 0 Å². The van der Waals surface area contributed by atoms with E-state index in [0.29, 0.717) is 0 Å². The second kappa shape index (κ2) is 85.1. The van der Waals surface area contributed by atoms with Crippen LogP contribution in [0, 0.1) is 18.3 Å². The summed E-state index contributed by atoms with van der Waals surface area (Å²) in [6, 6.07) is 0. The SMILES string of the molecule is C#CC.C=C(CCCCCCCCCCCCCCCCCCCCC)CC(CCC)CCC.CCCCCCCCCCCCCCCCCCCCCC.CCCCCCCCCCCCCCCCCCCCCC. The van der Waals surface area contributed by atoms with E-state index in [-0.39, 0.29) is 0 Å². The maximum absolute atomic E-state index is 4.60. The van der Waals surface area contributed by atoms with Gasteiger partial charge in [-0.1, -0.05) is 459 Å². The minimum absolute atomic E-state index is 0.905. The topological polar surface area (TPSA) is 0 Å². The van der Waals surface area contributed by atoms with E-state index in [2.05, 4.69) is 67.4 Å². The molecule has 0 fully saturated rings. The van der Waals surface area contributed by atoms with E-state index >= 15 is 0 Å². The molecule has 0 amide bonds. The lowest BCUT2D eigenvalue weighted by molar-refractivity contribution is 0.430. The van der Waals surface area contributed by atoms with Crippen LogP contribution in [0.4, 0.5) is 0 Å². The number of unbranched alkanes of at least 4 members (excludes halogenated alkanes) is 56. The molecule has 470 valence electrons. The van der Waals surface area contributed by atoms with E-state index in [1.807, 2.05) is 0 Å². The van der Waals surface area contributed by atoms with Gasteiger partial charge in [-0.3, -0.25) is 0 Å². The summed E-state index contributed by atoms with van der Waals surface area (Å²) in [5, 5.41) is 0. The summed E-state index contributed by atoms with van der Waals surface area (Å²) in [6.07, 6.45) is 99.1. The first-order chi connectivity index (χ1) is 38.5. The molecule has 0 saturated carbocycles. The molecule has 0 aliphatic heterocycles. The normalized spacial score (nSPS) is 11.0. The van der Waals surface area contributed by atoms with Crippen molar-refractivity contribution < 1.29 is 0 Å². The smallest absolute Gasteiger partial charge is 0.00297 e. The van der Waals surface area contributed by atoms with Crippen LogP contribution in [0.15, 0.2) is 12.2 Å². The lowest BCUT2D eigenvalue weighted by Gasteiger charge is -2.16. The monoisotopic (exact) mass is 1100 g/mol. The predicted molar refractivity (Wildman–Crippen MR) is 367 cm³/mol. The van der Waals surface area contributed by atoms with Crippen LogP contribution >= 0.6 is 0 Å². The summed E-state index contributed by atoms with van der Waals surface area (Å²) >= 11 is 0. The van der Waals surface area contributed by atoms with E-state index < -0.39 is 0 Å². The fourth-order valence-corrected chi connectivity index (χ4v) is 11.8. The zero-order valence-corrected chi connectivity index (χ0v) is 56.8. The summed E-state index contributed by atoms with van der Waals surface area (Å²) in [6.45, 7) is 22.2. The lowest BCUT2D eigenvalue weighted by atomic mass is 9.89. The highest BCUT2D eigenvalue weighted by Gasteiger charge is 2.09. The van der Waals surface area contributed by atoms with Crippen LogP contribution in [0.25, 0.3) is 0 Å². The molecule has 0 spiro atoms. The Morgan fingerprint density at radius 2 is 0.372 bits per heavy atom. The van der Waals surface area contributed by atoms with Gasteiger partial charge in [-0.05, 0) is 32.1 Å². The molecule has 0 radical (unpaired) electrons. The van der Waals surface area contributed by atoms with Gasteiger partial charge in [0.15, 0.2) is 0 Å². The highest BCUT2D eigenvalue weighted by atomic mass is 14.1. The number of terminal acetylenes is 1. The molecule has 0 atom stereocenters. The molecule has 0 aromatic heterocycles. The fraction of sp³-hybridized carbons (Fsp3) is 0.949. The molecule has 0 N–H and O–H groups in total. The maximum Gasteiger partial charge on any atom is -0.00297 e. The molecule has 0 aromatic carbocycles. The summed E-state index contributed by atoms with van der Waals surface area (Å²) in [5.74, 6) is 3.16. The number of hydrogen-bond donors (Lipinski definition) is 0. The van der Waals surface area contributed by atoms with Gasteiger partial charge in [-0.15, -0.1) is 12.3 Å². The van der Waals surface area contributed by atoms with Gasteiger partial charge in [0.2, 0.25) is 0 Å². The van der Waals surface area contributed by atoms with Gasteiger partial charge >= 0.3 is 0 Å². The van der Waals surface area contributed by atoms with Crippen LogP contribution in [0.2, 0.25) is 0 Å². The van der Waals surface area contributed by atoms with Crippen molar-refractivity contribution in [3.63, 3.8) is 0 Å². The van der Waals surface area contributed by atoms with Gasteiger partial charge in [0.05, 0.1) is 0 Å². The van der Waals surface area contributed by atoms with Crippen LogP contribution in [0.5, 0.6) is 0 Å². The molecule has 0 nitrogen and oxygen atoms in total. The Bertz CT molecular complexity index is 912. The minimum atomic E-state index is 0.905. The Hall–Kier alpha value is -0.700. The zero-order valence-electron chi connectivity index (χ0n) is 56.8. The van der Waals surface area contributed by atoms with E-state index in [1.165, 1.54) is 423 Å². The van der Waals surface area contributed by atoms with Gasteiger partial charge in [-0.2, -0.15) is 0 Å². The lowest BCUT2D eigenvalue weighted by Crippen LogP contribution is -2.01. The van der Waals surface area contributed by atoms with E-state index in [9.17, 15) is 0 Å². The van der Waals surface area contributed by atoms with Crippen LogP contribution in [-0.2, 0) is 0 Å². The first-order valence-corrected chi connectivity index (χ1v) is 37.5. The number of rotatable bonds is 64. The Balaban J connectivity index is -0.000000524. The number of allylic oxidation sites excluding steroid dienone is 1. The second-order valence-corrected chi connectivity index (χ2v) is 25.5. The fourth-order valence-electron chi connectivity index (χ4n) is 11.8. The maximum atomic E-state index is 4.60. The Kier molecular flexibility index (Phi) is 91.4.